The first kappa shape index (κ1) is 24.3. The lowest BCUT2D eigenvalue weighted by Gasteiger charge is -2.16. The molecule has 162 valence electrons. The van der Waals surface area contributed by atoms with Crippen LogP contribution in [0, 0.1) is 7.14 Å². The van der Waals surface area contributed by atoms with Crippen LogP contribution in [-0.2, 0) is 11.4 Å². The van der Waals surface area contributed by atoms with E-state index >= 15 is 0 Å². The van der Waals surface area contributed by atoms with E-state index in [4.69, 9.17) is 40.2 Å². The number of thiocarbonyl (C=S) groups is 1. The standard InChI is InChI=1S/C23H13Cl2I2NO2S2/c24-15-6-7-19(16(25)11-15)28-22(29)20(32-23(28)31)10-14-8-17(26)21(18(27)9-14)30-12-13-4-2-1-3-5-13/h1-11H,12H2/b20-10-. The van der Waals surface area contributed by atoms with Crippen LogP contribution in [0.3, 0.4) is 0 Å². The third-order valence-corrected chi connectivity index (χ3v) is 7.93. The van der Waals surface area contributed by atoms with Crippen LogP contribution in [0.5, 0.6) is 5.75 Å². The fourth-order valence-corrected chi connectivity index (χ4v) is 6.93. The summed E-state index contributed by atoms with van der Waals surface area (Å²) in [7, 11) is 0. The fourth-order valence-electron chi connectivity index (χ4n) is 3.02. The minimum Gasteiger partial charge on any atom is -0.487 e. The monoisotopic (exact) mass is 723 g/mol. The van der Waals surface area contributed by atoms with Crippen molar-refractivity contribution in [1.82, 2.24) is 0 Å². The predicted molar refractivity (Wildman–Crippen MR) is 155 cm³/mol. The quantitative estimate of drug-likeness (QED) is 0.151. The SMILES string of the molecule is O=C1/C(=C/c2cc(I)c(OCc3ccccc3)c(I)c2)SC(=S)N1c1ccc(Cl)cc1Cl. The predicted octanol–water partition coefficient (Wildman–Crippen LogP) is 8.19. The summed E-state index contributed by atoms with van der Waals surface area (Å²) in [5, 5.41) is 0.873. The second kappa shape index (κ2) is 10.6. The van der Waals surface area contributed by atoms with Crippen LogP contribution in [0.1, 0.15) is 11.1 Å². The van der Waals surface area contributed by atoms with E-state index in [0.717, 1.165) is 24.0 Å². The molecular weight excluding hydrogens is 711 g/mol. The summed E-state index contributed by atoms with van der Waals surface area (Å²) in [4.78, 5) is 15.1. The van der Waals surface area contributed by atoms with Crippen molar-refractivity contribution in [2.75, 3.05) is 4.90 Å². The zero-order chi connectivity index (χ0) is 22.8. The van der Waals surface area contributed by atoms with Crippen molar-refractivity contribution in [2.24, 2.45) is 0 Å². The van der Waals surface area contributed by atoms with Crippen LogP contribution in [0.4, 0.5) is 5.69 Å². The molecule has 1 aliphatic rings. The zero-order valence-electron chi connectivity index (χ0n) is 16.2. The Balaban J connectivity index is 1.57. The van der Waals surface area contributed by atoms with Crippen LogP contribution < -0.4 is 9.64 Å². The highest BCUT2D eigenvalue weighted by molar-refractivity contribution is 14.1. The highest BCUT2D eigenvalue weighted by Crippen LogP contribution is 2.40. The van der Waals surface area contributed by atoms with E-state index in [2.05, 4.69) is 45.2 Å². The van der Waals surface area contributed by atoms with Crippen LogP contribution in [0.15, 0.2) is 65.6 Å². The summed E-state index contributed by atoms with van der Waals surface area (Å²) < 4.78 is 8.41. The third kappa shape index (κ3) is 5.44. The van der Waals surface area contributed by atoms with Gasteiger partial charge in [0.15, 0.2) is 4.32 Å². The number of carbonyl (C=O) groups is 1. The molecule has 1 fully saturated rings. The van der Waals surface area contributed by atoms with E-state index < -0.39 is 0 Å². The number of carbonyl (C=O) groups excluding carboxylic acids is 1. The Morgan fingerprint density at radius 2 is 1.72 bits per heavy atom. The molecule has 0 saturated carbocycles. The molecule has 3 aromatic carbocycles. The summed E-state index contributed by atoms with van der Waals surface area (Å²) in [5.74, 6) is 0.617. The maximum Gasteiger partial charge on any atom is 0.270 e. The van der Waals surface area contributed by atoms with Crippen molar-refractivity contribution in [3.05, 3.63) is 93.9 Å². The number of anilines is 1. The Morgan fingerprint density at radius 1 is 1.03 bits per heavy atom. The van der Waals surface area contributed by atoms with Crippen LogP contribution in [0.25, 0.3) is 6.08 Å². The molecular formula is C23H13Cl2I2NO2S2. The van der Waals surface area contributed by atoms with Crippen molar-refractivity contribution < 1.29 is 9.53 Å². The highest BCUT2D eigenvalue weighted by Gasteiger charge is 2.34. The maximum atomic E-state index is 13.1. The van der Waals surface area contributed by atoms with E-state index in [1.807, 2.05) is 48.5 Å². The Kier molecular flexibility index (Phi) is 8.05. The molecule has 1 aliphatic heterocycles. The Morgan fingerprint density at radius 3 is 2.38 bits per heavy atom. The lowest BCUT2D eigenvalue weighted by atomic mass is 10.2. The van der Waals surface area contributed by atoms with Crippen LogP contribution >= 0.6 is 92.4 Å². The van der Waals surface area contributed by atoms with Gasteiger partial charge in [0.1, 0.15) is 12.4 Å². The lowest BCUT2D eigenvalue weighted by Crippen LogP contribution is -2.27. The van der Waals surface area contributed by atoms with E-state index in [-0.39, 0.29) is 5.91 Å². The van der Waals surface area contributed by atoms with Gasteiger partial charge >= 0.3 is 0 Å². The largest absolute Gasteiger partial charge is 0.487 e. The van der Waals surface area contributed by atoms with E-state index in [9.17, 15) is 4.79 Å². The summed E-state index contributed by atoms with van der Waals surface area (Å²) in [6.45, 7) is 0.493. The molecule has 1 heterocycles. The number of hydrogen-bond acceptors (Lipinski definition) is 4. The van der Waals surface area contributed by atoms with Crippen molar-refractivity contribution in [3.63, 3.8) is 0 Å². The molecule has 1 amide bonds. The Labute approximate surface area is 232 Å². The van der Waals surface area contributed by atoms with Gasteiger partial charge in [0.2, 0.25) is 0 Å². The molecule has 3 nitrogen and oxygen atoms in total. The second-order valence-corrected chi connectivity index (χ2v) is 11.5. The topological polar surface area (TPSA) is 29.5 Å². The first-order valence-electron chi connectivity index (χ1n) is 9.22. The van der Waals surface area contributed by atoms with Crippen LogP contribution in [0.2, 0.25) is 10.0 Å². The van der Waals surface area contributed by atoms with Gasteiger partial charge in [-0.15, -0.1) is 0 Å². The van der Waals surface area contributed by atoms with Gasteiger partial charge < -0.3 is 4.74 Å². The second-order valence-electron chi connectivity index (χ2n) is 6.70. The molecule has 0 radical (unpaired) electrons. The molecule has 1 saturated heterocycles. The minimum absolute atomic E-state index is 0.210. The number of amides is 1. The van der Waals surface area contributed by atoms with E-state index in [1.54, 1.807) is 18.2 Å². The van der Waals surface area contributed by atoms with Gasteiger partial charge in [-0.3, -0.25) is 9.69 Å². The van der Waals surface area contributed by atoms with E-state index in [1.165, 1.54) is 16.7 Å². The van der Waals surface area contributed by atoms with Gasteiger partial charge in [0.25, 0.3) is 5.91 Å². The first-order valence-corrected chi connectivity index (χ1v) is 13.4. The number of hydrogen-bond donors (Lipinski definition) is 0. The number of halogens is 4. The highest BCUT2D eigenvalue weighted by atomic mass is 127. The summed E-state index contributed by atoms with van der Waals surface area (Å²) in [5.41, 5.74) is 2.53. The smallest absolute Gasteiger partial charge is 0.270 e. The molecule has 0 spiro atoms. The lowest BCUT2D eigenvalue weighted by molar-refractivity contribution is -0.113. The molecule has 0 aromatic heterocycles. The van der Waals surface area contributed by atoms with Crippen molar-refractivity contribution in [2.45, 2.75) is 6.61 Å². The summed E-state index contributed by atoms with van der Waals surface area (Å²) in [6.07, 6.45) is 1.84. The zero-order valence-corrected chi connectivity index (χ0v) is 23.6. The van der Waals surface area contributed by atoms with Gasteiger partial charge in [-0.25, -0.2) is 0 Å². The van der Waals surface area contributed by atoms with Gasteiger partial charge in [0.05, 0.1) is 22.8 Å². The number of rotatable bonds is 5. The molecule has 0 atom stereocenters. The van der Waals surface area contributed by atoms with Gasteiger partial charge in [-0.2, -0.15) is 0 Å². The first-order chi connectivity index (χ1) is 15.3. The average Bonchev–Trinajstić information content (AvgIpc) is 3.01. The number of benzene rings is 3. The molecule has 0 unspecified atom stereocenters. The fraction of sp³-hybridized carbons (Fsp3) is 0.0435. The number of thioether (sulfide) groups is 1. The molecule has 0 N–H and O–H groups in total. The molecule has 0 aliphatic carbocycles. The molecule has 4 rings (SSSR count). The average molecular weight is 724 g/mol. The van der Waals surface area contributed by atoms with Crippen molar-refractivity contribution in [3.8, 4) is 5.75 Å². The molecule has 0 bridgehead atoms. The number of nitrogens with zero attached hydrogens (tertiary/aromatic N) is 1. The van der Waals surface area contributed by atoms with Gasteiger partial charge in [0, 0.05) is 5.02 Å². The van der Waals surface area contributed by atoms with Crippen molar-refractivity contribution >= 4 is 114 Å². The number of ether oxygens (including phenoxy) is 1. The van der Waals surface area contributed by atoms with Crippen LogP contribution in [-0.4, -0.2) is 10.2 Å². The molecule has 32 heavy (non-hydrogen) atoms. The summed E-state index contributed by atoms with van der Waals surface area (Å²) >= 11 is 23.5. The minimum atomic E-state index is -0.210. The Hall–Kier alpha value is -0.850. The maximum absolute atomic E-state index is 13.1. The van der Waals surface area contributed by atoms with Gasteiger partial charge in [-0.1, -0.05) is 77.5 Å². The normalized spacial score (nSPS) is 15.0. The summed E-state index contributed by atoms with van der Waals surface area (Å²) in [6, 6.07) is 19.0. The van der Waals surface area contributed by atoms with E-state index in [0.29, 0.717) is 31.6 Å². The molecule has 9 heteroatoms. The van der Waals surface area contributed by atoms with Crippen molar-refractivity contribution in [1.29, 1.82) is 0 Å². The third-order valence-electron chi connectivity index (χ3n) is 4.49. The van der Waals surface area contributed by atoms with Gasteiger partial charge in [-0.05, 0) is 92.7 Å². The Bertz CT molecular complexity index is 1230. The molecule has 3 aromatic rings.